The maximum Gasteiger partial charge on any atom is 0.336 e. The van der Waals surface area contributed by atoms with Crippen molar-refractivity contribution in [3.63, 3.8) is 0 Å². The molecule has 186 valence electrons. The van der Waals surface area contributed by atoms with Gasteiger partial charge in [0.1, 0.15) is 17.2 Å². The number of aromatic nitrogens is 2. The van der Waals surface area contributed by atoms with Crippen LogP contribution in [0.4, 0.5) is 11.8 Å². The van der Waals surface area contributed by atoms with Crippen LogP contribution in [0.25, 0.3) is 21.9 Å². The minimum absolute atomic E-state index is 0.00430. The van der Waals surface area contributed by atoms with Crippen LogP contribution in [0.1, 0.15) is 31.2 Å². The number of para-hydroxylation sites is 1. The Morgan fingerprint density at radius 2 is 1.78 bits per heavy atom. The van der Waals surface area contributed by atoms with Crippen molar-refractivity contribution in [2.75, 3.05) is 24.3 Å². The van der Waals surface area contributed by atoms with Gasteiger partial charge in [0.2, 0.25) is 11.9 Å². The van der Waals surface area contributed by atoms with Gasteiger partial charge in [-0.2, -0.15) is 4.98 Å². The molecule has 0 spiro atoms. The summed E-state index contributed by atoms with van der Waals surface area (Å²) in [4.78, 5) is 36.1. The lowest BCUT2D eigenvalue weighted by atomic mass is 9.91. The van der Waals surface area contributed by atoms with Gasteiger partial charge >= 0.3 is 5.63 Å². The van der Waals surface area contributed by atoms with Crippen molar-refractivity contribution in [1.29, 1.82) is 0 Å². The van der Waals surface area contributed by atoms with Crippen molar-refractivity contribution in [3.8, 4) is 5.75 Å². The number of nitrogens with one attached hydrogen (secondary N) is 2. The molecule has 9 nitrogen and oxygen atoms in total. The highest BCUT2D eigenvalue weighted by Crippen LogP contribution is 2.27. The van der Waals surface area contributed by atoms with Gasteiger partial charge in [-0.05, 0) is 55.5 Å². The van der Waals surface area contributed by atoms with Gasteiger partial charge in [0.15, 0.2) is 0 Å². The lowest BCUT2D eigenvalue weighted by Crippen LogP contribution is -2.41. The lowest BCUT2D eigenvalue weighted by Gasteiger charge is -2.30. The molecule has 0 atom stereocenters. The van der Waals surface area contributed by atoms with Crippen LogP contribution in [0.15, 0.2) is 57.7 Å². The average Bonchev–Trinajstić information content (AvgIpc) is 2.84. The monoisotopic (exact) mass is 487 g/mol. The van der Waals surface area contributed by atoms with Crippen molar-refractivity contribution >= 4 is 39.5 Å². The zero-order valence-corrected chi connectivity index (χ0v) is 20.3. The van der Waals surface area contributed by atoms with E-state index in [0.29, 0.717) is 16.9 Å². The van der Waals surface area contributed by atoms with Crippen LogP contribution < -0.4 is 21.2 Å². The van der Waals surface area contributed by atoms with Crippen LogP contribution in [0.3, 0.4) is 0 Å². The third-order valence-electron chi connectivity index (χ3n) is 6.60. The maximum atomic E-state index is 12.8. The number of phenols is 1. The quantitative estimate of drug-likeness (QED) is 0.353. The molecule has 1 aliphatic carbocycles. The number of amides is 1. The molecule has 2 aromatic heterocycles. The summed E-state index contributed by atoms with van der Waals surface area (Å²) in [5, 5.41) is 17.9. The Kier molecular flexibility index (Phi) is 6.45. The molecule has 0 saturated heterocycles. The molecule has 36 heavy (non-hydrogen) atoms. The first-order chi connectivity index (χ1) is 17.4. The SMILES string of the molecule is CN(C)c1nc(N[C@H]2CC[C@@H](NC(=O)Cc3cc(=O)oc4cc(O)ccc34)CC2)nc2ccccc12. The highest BCUT2D eigenvalue weighted by atomic mass is 16.4. The van der Waals surface area contributed by atoms with E-state index in [2.05, 4.69) is 10.6 Å². The summed E-state index contributed by atoms with van der Waals surface area (Å²) in [6.45, 7) is 0. The van der Waals surface area contributed by atoms with Gasteiger partial charge in [-0.3, -0.25) is 4.79 Å². The van der Waals surface area contributed by atoms with E-state index in [1.54, 1.807) is 6.07 Å². The van der Waals surface area contributed by atoms with Crippen LogP contribution in [0, 0.1) is 0 Å². The number of nitrogens with zero attached hydrogens (tertiary/aromatic N) is 3. The van der Waals surface area contributed by atoms with E-state index in [1.807, 2.05) is 43.3 Å². The molecule has 2 heterocycles. The highest BCUT2D eigenvalue weighted by Gasteiger charge is 2.24. The standard InChI is InChI=1S/C27H29N5O4/c1-32(2)26-21-5-3-4-6-22(21)30-27(31-26)29-18-9-7-17(8-10-18)28-24(34)13-16-14-25(35)36-23-15-19(33)11-12-20(16)23/h3-6,11-12,14-15,17-18,33H,7-10,13H2,1-2H3,(H,28,34)(H,29,30,31)/t17-,18+. The van der Waals surface area contributed by atoms with E-state index in [9.17, 15) is 14.7 Å². The minimum atomic E-state index is -0.546. The Labute approximate surface area is 208 Å². The topological polar surface area (TPSA) is 121 Å². The van der Waals surface area contributed by atoms with E-state index < -0.39 is 5.63 Å². The first kappa shape index (κ1) is 23.6. The Bertz CT molecular complexity index is 1470. The van der Waals surface area contributed by atoms with E-state index in [4.69, 9.17) is 14.4 Å². The lowest BCUT2D eigenvalue weighted by molar-refractivity contribution is -0.121. The van der Waals surface area contributed by atoms with Gasteiger partial charge in [0.05, 0.1) is 11.9 Å². The van der Waals surface area contributed by atoms with Crippen molar-refractivity contribution in [3.05, 3.63) is 64.5 Å². The Hall–Kier alpha value is -4.14. The third-order valence-corrected chi connectivity index (χ3v) is 6.60. The van der Waals surface area contributed by atoms with Crippen molar-refractivity contribution in [1.82, 2.24) is 15.3 Å². The van der Waals surface area contributed by atoms with Crippen LogP contribution in [0.5, 0.6) is 5.75 Å². The normalized spacial score (nSPS) is 17.7. The fourth-order valence-electron chi connectivity index (χ4n) is 4.85. The Morgan fingerprint density at radius 3 is 2.56 bits per heavy atom. The van der Waals surface area contributed by atoms with Crippen molar-refractivity contribution in [2.45, 2.75) is 44.2 Å². The number of hydrogen-bond donors (Lipinski definition) is 3. The van der Waals surface area contributed by atoms with Gasteiger partial charge in [-0.25, -0.2) is 9.78 Å². The summed E-state index contributed by atoms with van der Waals surface area (Å²) >= 11 is 0. The molecule has 1 amide bonds. The second-order valence-corrected chi connectivity index (χ2v) is 9.49. The molecule has 3 N–H and O–H groups in total. The molecule has 4 aromatic rings. The summed E-state index contributed by atoms with van der Waals surface area (Å²) in [7, 11) is 3.95. The second-order valence-electron chi connectivity index (χ2n) is 9.49. The van der Waals surface area contributed by atoms with E-state index in [0.717, 1.165) is 42.4 Å². The predicted octanol–water partition coefficient (Wildman–Crippen LogP) is 3.59. The summed E-state index contributed by atoms with van der Waals surface area (Å²) in [5.41, 5.74) is 1.21. The van der Waals surface area contributed by atoms with Gasteiger partial charge in [0, 0.05) is 49.1 Å². The maximum absolute atomic E-state index is 12.8. The summed E-state index contributed by atoms with van der Waals surface area (Å²) in [5.74, 6) is 1.36. The number of carbonyl (C=O) groups excluding carboxylic acids is 1. The molecule has 5 rings (SSSR count). The molecule has 0 aliphatic heterocycles. The van der Waals surface area contributed by atoms with Gasteiger partial charge in [0.25, 0.3) is 0 Å². The second kappa shape index (κ2) is 9.85. The highest BCUT2D eigenvalue weighted by molar-refractivity contribution is 5.90. The van der Waals surface area contributed by atoms with E-state index in [-0.39, 0.29) is 35.7 Å². The van der Waals surface area contributed by atoms with Crippen LogP contribution in [-0.2, 0) is 11.2 Å². The van der Waals surface area contributed by atoms with E-state index >= 15 is 0 Å². The van der Waals surface area contributed by atoms with Crippen LogP contribution in [-0.4, -0.2) is 47.2 Å². The summed E-state index contributed by atoms with van der Waals surface area (Å²) in [6.07, 6.45) is 3.51. The number of hydrogen-bond acceptors (Lipinski definition) is 8. The first-order valence-electron chi connectivity index (χ1n) is 12.1. The molecule has 0 bridgehead atoms. The van der Waals surface area contributed by atoms with Crippen molar-refractivity contribution in [2.24, 2.45) is 0 Å². The number of anilines is 2. The van der Waals surface area contributed by atoms with Gasteiger partial charge < -0.3 is 25.1 Å². The minimum Gasteiger partial charge on any atom is -0.508 e. The van der Waals surface area contributed by atoms with E-state index in [1.165, 1.54) is 18.2 Å². The molecule has 0 radical (unpaired) electrons. The van der Waals surface area contributed by atoms with Crippen LogP contribution in [0.2, 0.25) is 0 Å². The molecular formula is C27H29N5O4. The molecule has 0 unspecified atom stereocenters. The number of fused-ring (bicyclic) bond motifs is 2. The van der Waals surface area contributed by atoms with Gasteiger partial charge in [-0.15, -0.1) is 0 Å². The number of benzene rings is 2. The first-order valence-corrected chi connectivity index (χ1v) is 12.1. The Morgan fingerprint density at radius 1 is 1.03 bits per heavy atom. The smallest absolute Gasteiger partial charge is 0.336 e. The average molecular weight is 488 g/mol. The Balaban J connectivity index is 1.20. The molecule has 2 aromatic carbocycles. The van der Waals surface area contributed by atoms with Gasteiger partial charge in [-0.1, -0.05) is 12.1 Å². The summed E-state index contributed by atoms with van der Waals surface area (Å²) in [6, 6.07) is 14.2. The fraction of sp³-hybridized carbons (Fsp3) is 0.333. The predicted molar refractivity (Wildman–Crippen MR) is 140 cm³/mol. The molecule has 1 aliphatic rings. The zero-order valence-electron chi connectivity index (χ0n) is 20.3. The molecule has 1 fully saturated rings. The number of aromatic hydroxyl groups is 1. The third kappa shape index (κ3) is 5.10. The molecular weight excluding hydrogens is 458 g/mol. The molecule has 1 saturated carbocycles. The molecule has 9 heteroatoms. The zero-order chi connectivity index (χ0) is 25.2. The van der Waals surface area contributed by atoms with Crippen LogP contribution >= 0.6 is 0 Å². The fourth-order valence-corrected chi connectivity index (χ4v) is 4.85. The largest absolute Gasteiger partial charge is 0.508 e. The number of carbonyl (C=O) groups is 1. The number of phenolic OH excluding ortho intramolecular Hbond substituents is 1. The van der Waals surface area contributed by atoms with Crippen molar-refractivity contribution < 1.29 is 14.3 Å². The number of rotatable bonds is 6. The summed E-state index contributed by atoms with van der Waals surface area (Å²) < 4.78 is 5.15.